The van der Waals surface area contributed by atoms with Crippen molar-refractivity contribution in [2.45, 2.75) is 31.5 Å². The molecule has 1 aromatic heterocycles. The van der Waals surface area contributed by atoms with E-state index in [0.29, 0.717) is 13.2 Å². The lowest BCUT2D eigenvalue weighted by molar-refractivity contribution is -0.0948. The predicted molar refractivity (Wildman–Crippen MR) is 109 cm³/mol. The number of hydrogen-bond acceptors (Lipinski definition) is 4. The van der Waals surface area contributed by atoms with Crippen LogP contribution in [-0.2, 0) is 15.1 Å². The van der Waals surface area contributed by atoms with Gasteiger partial charge in [0.15, 0.2) is 0 Å². The van der Waals surface area contributed by atoms with Gasteiger partial charge in [0.1, 0.15) is 11.9 Å². The van der Waals surface area contributed by atoms with Gasteiger partial charge in [-0.2, -0.15) is 0 Å². The molecule has 4 rings (SSSR count). The number of methoxy groups -OCH3 is 1. The van der Waals surface area contributed by atoms with Gasteiger partial charge in [0.05, 0.1) is 5.60 Å². The fraction of sp³-hybridized carbons (Fsp3) is 0.348. The summed E-state index contributed by atoms with van der Waals surface area (Å²) in [6, 6.07) is 17.5. The Kier molecular flexibility index (Phi) is 5.20. The number of pyridine rings is 1. The third-order valence-electron chi connectivity index (χ3n) is 5.58. The van der Waals surface area contributed by atoms with E-state index in [9.17, 15) is 4.79 Å². The minimum absolute atomic E-state index is 0.0958. The zero-order valence-corrected chi connectivity index (χ0v) is 16.2. The second kappa shape index (κ2) is 7.78. The Bertz CT molecular complexity index is 1020. The van der Waals surface area contributed by atoms with Crippen molar-refractivity contribution in [3.8, 4) is 5.75 Å². The van der Waals surface area contributed by atoms with Crippen molar-refractivity contribution in [1.82, 2.24) is 4.98 Å². The molecule has 1 saturated heterocycles. The SMILES string of the molecule is COC1(c2cccc(OC(C)c3ccc4[nH]c(=O)ccc4c3)c2)CCOCC1. The van der Waals surface area contributed by atoms with E-state index in [1.54, 1.807) is 13.2 Å². The lowest BCUT2D eigenvalue weighted by Crippen LogP contribution is -2.35. The number of rotatable bonds is 5. The summed E-state index contributed by atoms with van der Waals surface area (Å²) in [7, 11) is 1.76. The highest BCUT2D eigenvalue weighted by atomic mass is 16.5. The largest absolute Gasteiger partial charge is 0.486 e. The van der Waals surface area contributed by atoms with Gasteiger partial charge in [-0.3, -0.25) is 4.79 Å². The highest BCUT2D eigenvalue weighted by molar-refractivity contribution is 5.79. The number of aromatic nitrogens is 1. The summed E-state index contributed by atoms with van der Waals surface area (Å²) >= 11 is 0. The summed E-state index contributed by atoms with van der Waals surface area (Å²) in [6.45, 7) is 3.43. The van der Waals surface area contributed by atoms with Crippen molar-refractivity contribution in [3.05, 3.63) is 76.1 Å². The maximum Gasteiger partial charge on any atom is 0.248 e. The number of aromatic amines is 1. The predicted octanol–water partition coefficient (Wildman–Crippen LogP) is 4.32. The molecule has 1 aliphatic heterocycles. The molecule has 5 nitrogen and oxygen atoms in total. The summed E-state index contributed by atoms with van der Waals surface area (Å²) in [5.74, 6) is 0.814. The molecule has 0 spiro atoms. The highest BCUT2D eigenvalue weighted by Gasteiger charge is 2.34. The topological polar surface area (TPSA) is 60.5 Å². The molecule has 0 aliphatic carbocycles. The average Bonchev–Trinajstić information content (AvgIpc) is 2.74. The summed E-state index contributed by atoms with van der Waals surface area (Å²) in [5, 5.41) is 0.988. The minimum Gasteiger partial charge on any atom is -0.486 e. The molecule has 5 heteroatoms. The maximum absolute atomic E-state index is 11.5. The zero-order chi connectivity index (χ0) is 19.6. The number of nitrogens with one attached hydrogen (secondary N) is 1. The van der Waals surface area contributed by atoms with Crippen molar-refractivity contribution >= 4 is 10.9 Å². The molecular formula is C23H25NO4. The zero-order valence-electron chi connectivity index (χ0n) is 16.2. The molecule has 0 bridgehead atoms. The molecule has 2 aromatic carbocycles. The van der Waals surface area contributed by atoms with Crippen LogP contribution in [0.4, 0.5) is 0 Å². The molecule has 1 atom stereocenters. The third kappa shape index (κ3) is 3.68. The van der Waals surface area contributed by atoms with E-state index >= 15 is 0 Å². The van der Waals surface area contributed by atoms with Gasteiger partial charge in [0.2, 0.25) is 5.56 Å². The van der Waals surface area contributed by atoms with E-state index in [0.717, 1.165) is 40.6 Å². The van der Waals surface area contributed by atoms with E-state index in [1.807, 2.05) is 37.3 Å². The Morgan fingerprint density at radius 1 is 1.07 bits per heavy atom. The number of hydrogen-bond donors (Lipinski definition) is 1. The van der Waals surface area contributed by atoms with Gasteiger partial charge in [-0.15, -0.1) is 0 Å². The lowest BCUT2D eigenvalue weighted by Gasteiger charge is -2.36. The Labute approximate surface area is 164 Å². The van der Waals surface area contributed by atoms with Gasteiger partial charge >= 0.3 is 0 Å². The molecule has 1 aliphatic rings. The lowest BCUT2D eigenvalue weighted by atomic mass is 9.86. The van der Waals surface area contributed by atoms with Gasteiger partial charge in [-0.1, -0.05) is 18.2 Å². The van der Waals surface area contributed by atoms with Crippen LogP contribution >= 0.6 is 0 Å². The molecule has 0 amide bonds. The van der Waals surface area contributed by atoms with Gasteiger partial charge in [0, 0.05) is 44.7 Å². The molecule has 3 aromatic rings. The molecule has 0 saturated carbocycles. The highest BCUT2D eigenvalue weighted by Crippen LogP contribution is 2.37. The number of fused-ring (bicyclic) bond motifs is 1. The first-order valence-electron chi connectivity index (χ1n) is 9.63. The van der Waals surface area contributed by atoms with Crippen molar-refractivity contribution in [1.29, 1.82) is 0 Å². The van der Waals surface area contributed by atoms with Gasteiger partial charge in [-0.05, 0) is 53.8 Å². The Morgan fingerprint density at radius 2 is 1.89 bits per heavy atom. The molecule has 2 heterocycles. The van der Waals surface area contributed by atoms with Crippen LogP contribution in [0.5, 0.6) is 5.75 Å². The van der Waals surface area contributed by atoms with E-state index < -0.39 is 0 Å². The smallest absolute Gasteiger partial charge is 0.248 e. The number of benzene rings is 2. The summed E-state index contributed by atoms with van der Waals surface area (Å²) in [4.78, 5) is 14.3. The van der Waals surface area contributed by atoms with E-state index in [4.69, 9.17) is 14.2 Å². The summed E-state index contributed by atoms with van der Waals surface area (Å²) in [5.41, 5.74) is 2.60. The summed E-state index contributed by atoms with van der Waals surface area (Å²) < 4.78 is 17.6. The second-order valence-corrected chi connectivity index (χ2v) is 7.27. The molecule has 1 N–H and O–H groups in total. The van der Waals surface area contributed by atoms with E-state index in [-0.39, 0.29) is 17.3 Å². The maximum atomic E-state index is 11.5. The van der Waals surface area contributed by atoms with E-state index in [1.165, 1.54) is 0 Å². The van der Waals surface area contributed by atoms with Crippen LogP contribution in [0.25, 0.3) is 10.9 Å². The van der Waals surface area contributed by atoms with Crippen LogP contribution in [0.1, 0.15) is 37.0 Å². The fourth-order valence-electron chi connectivity index (χ4n) is 3.86. The Balaban J connectivity index is 1.57. The van der Waals surface area contributed by atoms with Crippen LogP contribution in [0.15, 0.2) is 59.4 Å². The summed E-state index contributed by atoms with van der Waals surface area (Å²) in [6.07, 6.45) is 1.55. The van der Waals surface area contributed by atoms with Crippen LogP contribution in [0, 0.1) is 0 Å². The monoisotopic (exact) mass is 379 g/mol. The van der Waals surface area contributed by atoms with Crippen molar-refractivity contribution in [2.24, 2.45) is 0 Å². The average molecular weight is 379 g/mol. The molecule has 28 heavy (non-hydrogen) atoms. The standard InChI is InChI=1S/C23H25NO4/c1-16(17-6-8-21-18(14-17)7-9-22(25)24-21)28-20-5-3-4-19(15-20)23(26-2)10-12-27-13-11-23/h3-9,14-16H,10-13H2,1-2H3,(H,24,25). The van der Waals surface area contributed by atoms with Crippen molar-refractivity contribution in [2.75, 3.05) is 20.3 Å². The van der Waals surface area contributed by atoms with Crippen molar-refractivity contribution < 1.29 is 14.2 Å². The van der Waals surface area contributed by atoms with Gasteiger partial charge in [0.25, 0.3) is 0 Å². The molecule has 0 radical (unpaired) electrons. The number of H-pyrrole nitrogens is 1. The minimum atomic E-state index is -0.310. The van der Waals surface area contributed by atoms with Gasteiger partial charge in [-0.25, -0.2) is 0 Å². The van der Waals surface area contributed by atoms with Crippen LogP contribution < -0.4 is 10.3 Å². The quantitative estimate of drug-likeness (QED) is 0.717. The Morgan fingerprint density at radius 3 is 2.68 bits per heavy atom. The van der Waals surface area contributed by atoms with Crippen LogP contribution in [-0.4, -0.2) is 25.3 Å². The number of ether oxygens (including phenoxy) is 3. The van der Waals surface area contributed by atoms with Crippen LogP contribution in [0.3, 0.4) is 0 Å². The normalized spacial score (nSPS) is 17.4. The van der Waals surface area contributed by atoms with Gasteiger partial charge < -0.3 is 19.2 Å². The van der Waals surface area contributed by atoms with Crippen LogP contribution in [0.2, 0.25) is 0 Å². The first-order chi connectivity index (χ1) is 13.6. The first-order valence-corrected chi connectivity index (χ1v) is 9.63. The second-order valence-electron chi connectivity index (χ2n) is 7.27. The Hall–Kier alpha value is -2.63. The molecule has 1 fully saturated rings. The first kappa shape index (κ1) is 18.7. The van der Waals surface area contributed by atoms with E-state index in [2.05, 4.69) is 23.2 Å². The molecular weight excluding hydrogens is 354 g/mol. The third-order valence-corrected chi connectivity index (χ3v) is 5.58. The fourth-order valence-corrected chi connectivity index (χ4v) is 3.86. The van der Waals surface area contributed by atoms with Crippen molar-refractivity contribution in [3.63, 3.8) is 0 Å². The molecule has 146 valence electrons. The molecule has 1 unspecified atom stereocenters.